The van der Waals surface area contributed by atoms with Crippen molar-refractivity contribution in [3.63, 3.8) is 0 Å². The SMILES string of the molecule is CCN(CC)c1nc(Cl)nc2c(C#N)ncnc12. The fourth-order valence-corrected chi connectivity index (χ4v) is 1.90. The maximum Gasteiger partial charge on any atom is 0.225 e. The molecule has 0 aliphatic heterocycles. The minimum atomic E-state index is 0.0932. The van der Waals surface area contributed by atoms with Gasteiger partial charge < -0.3 is 4.90 Å². The van der Waals surface area contributed by atoms with E-state index >= 15 is 0 Å². The van der Waals surface area contributed by atoms with Crippen molar-refractivity contribution in [3.8, 4) is 6.07 Å². The van der Waals surface area contributed by atoms with Gasteiger partial charge in [0.1, 0.15) is 23.4 Å². The Morgan fingerprint density at radius 1 is 1.22 bits per heavy atom. The highest BCUT2D eigenvalue weighted by atomic mass is 35.5. The summed E-state index contributed by atoms with van der Waals surface area (Å²) in [5.41, 5.74) is 1.15. The van der Waals surface area contributed by atoms with Crippen LogP contribution in [0.1, 0.15) is 19.5 Å². The second-order valence-corrected chi connectivity index (χ2v) is 3.86. The first-order chi connectivity index (χ1) is 8.71. The fraction of sp³-hybridized carbons (Fsp3) is 0.364. The Morgan fingerprint density at radius 3 is 2.56 bits per heavy atom. The zero-order valence-corrected chi connectivity index (χ0v) is 10.8. The van der Waals surface area contributed by atoms with Crippen molar-refractivity contribution in [1.82, 2.24) is 19.9 Å². The molecule has 6 nitrogen and oxygen atoms in total. The molecule has 7 heteroatoms. The molecular formula is C11H11ClN6. The summed E-state index contributed by atoms with van der Waals surface area (Å²) in [5.74, 6) is 0.633. The number of anilines is 1. The third kappa shape index (κ3) is 2.05. The van der Waals surface area contributed by atoms with Crippen LogP contribution in [0.2, 0.25) is 5.28 Å². The van der Waals surface area contributed by atoms with Gasteiger partial charge in [0.05, 0.1) is 0 Å². The van der Waals surface area contributed by atoms with Crippen LogP contribution in [0.15, 0.2) is 6.33 Å². The molecule has 92 valence electrons. The second kappa shape index (κ2) is 5.10. The highest BCUT2D eigenvalue weighted by molar-refractivity contribution is 6.28. The second-order valence-electron chi connectivity index (χ2n) is 3.52. The molecule has 0 aliphatic carbocycles. The van der Waals surface area contributed by atoms with Gasteiger partial charge in [-0.25, -0.2) is 15.0 Å². The van der Waals surface area contributed by atoms with Gasteiger partial charge in [-0.1, -0.05) is 0 Å². The molecular weight excluding hydrogens is 252 g/mol. The summed E-state index contributed by atoms with van der Waals surface area (Å²) in [6.07, 6.45) is 1.34. The number of nitrogens with zero attached hydrogens (tertiary/aromatic N) is 6. The third-order valence-corrected chi connectivity index (χ3v) is 2.77. The molecule has 0 saturated carbocycles. The lowest BCUT2D eigenvalue weighted by Crippen LogP contribution is -2.24. The third-order valence-electron chi connectivity index (χ3n) is 2.61. The fourth-order valence-electron chi connectivity index (χ4n) is 1.73. The number of fused-ring (bicyclic) bond motifs is 1. The van der Waals surface area contributed by atoms with E-state index in [0.717, 1.165) is 13.1 Å². The summed E-state index contributed by atoms with van der Waals surface area (Å²) in [6, 6.07) is 1.98. The van der Waals surface area contributed by atoms with E-state index in [0.29, 0.717) is 16.9 Å². The standard InChI is InChI=1S/C11H11ClN6/c1-3-18(4-2)10-9-8(16-11(12)17-10)7(5-13)14-6-15-9/h6H,3-4H2,1-2H3. The van der Waals surface area contributed by atoms with Crippen LogP contribution >= 0.6 is 11.6 Å². The van der Waals surface area contributed by atoms with E-state index in [9.17, 15) is 0 Å². The van der Waals surface area contributed by atoms with Crippen LogP contribution < -0.4 is 4.90 Å². The predicted molar refractivity (Wildman–Crippen MR) is 68.4 cm³/mol. The lowest BCUT2D eigenvalue weighted by molar-refractivity contribution is 0.846. The molecule has 0 aromatic carbocycles. The van der Waals surface area contributed by atoms with Gasteiger partial charge >= 0.3 is 0 Å². The van der Waals surface area contributed by atoms with Crippen LogP contribution in [0.5, 0.6) is 0 Å². The van der Waals surface area contributed by atoms with Crippen LogP contribution in [0.25, 0.3) is 11.0 Å². The van der Waals surface area contributed by atoms with Crippen molar-refractivity contribution >= 4 is 28.5 Å². The van der Waals surface area contributed by atoms with Crippen LogP contribution in [0.3, 0.4) is 0 Å². The molecule has 2 aromatic rings. The number of rotatable bonds is 3. The zero-order valence-electron chi connectivity index (χ0n) is 10.1. The largest absolute Gasteiger partial charge is 0.355 e. The van der Waals surface area contributed by atoms with Gasteiger partial charge in [-0.15, -0.1) is 0 Å². The molecule has 2 aromatic heterocycles. The van der Waals surface area contributed by atoms with Crippen LogP contribution in [-0.4, -0.2) is 33.0 Å². The molecule has 0 unspecified atom stereocenters. The van der Waals surface area contributed by atoms with Crippen molar-refractivity contribution in [2.24, 2.45) is 0 Å². The van der Waals surface area contributed by atoms with Crippen molar-refractivity contribution in [3.05, 3.63) is 17.3 Å². The minimum Gasteiger partial charge on any atom is -0.355 e. The molecule has 2 rings (SSSR count). The maximum absolute atomic E-state index is 9.01. The van der Waals surface area contributed by atoms with E-state index in [4.69, 9.17) is 16.9 Å². The molecule has 0 spiro atoms. The summed E-state index contributed by atoms with van der Waals surface area (Å²) in [6.45, 7) is 5.56. The Hall–Kier alpha value is -2.00. The Bertz CT molecular complexity index is 617. The van der Waals surface area contributed by atoms with E-state index in [1.807, 2.05) is 24.8 Å². The first kappa shape index (κ1) is 12.5. The normalized spacial score (nSPS) is 10.3. The van der Waals surface area contributed by atoms with Gasteiger partial charge in [-0.2, -0.15) is 10.2 Å². The molecule has 0 saturated heterocycles. The summed E-state index contributed by atoms with van der Waals surface area (Å²) in [7, 11) is 0. The van der Waals surface area contributed by atoms with Gasteiger partial charge in [0, 0.05) is 13.1 Å². The lowest BCUT2D eigenvalue weighted by Gasteiger charge is -2.20. The molecule has 0 atom stereocenters. The van der Waals surface area contributed by atoms with Gasteiger partial charge in [0.2, 0.25) is 5.28 Å². The van der Waals surface area contributed by atoms with Crippen molar-refractivity contribution in [2.45, 2.75) is 13.8 Å². The summed E-state index contributed by atoms with van der Waals surface area (Å²) in [5, 5.41) is 9.11. The first-order valence-electron chi connectivity index (χ1n) is 5.54. The zero-order chi connectivity index (χ0) is 13.1. The molecule has 0 amide bonds. The smallest absolute Gasteiger partial charge is 0.225 e. The Morgan fingerprint density at radius 2 is 1.94 bits per heavy atom. The minimum absolute atomic E-state index is 0.0932. The van der Waals surface area contributed by atoms with Crippen molar-refractivity contribution in [2.75, 3.05) is 18.0 Å². The molecule has 2 heterocycles. The number of hydrogen-bond donors (Lipinski definition) is 0. The highest BCUT2D eigenvalue weighted by Crippen LogP contribution is 2.24. The van der Waals surface area contributed by atoms with Crippen molar-refractivity contribution < 1.29 is 0 Å². The molecule has 0 N–H and O–H groups in total. The molecule has 0 radical (unpaired) electrons. The van der Waals surface area contributed by atoms with Gasteiger partial charge in [-0.05, 0) is 25.4 Å². The average molecular weight is 263 g/mol. The van der Waals surface area contributed by atoms with Gasteiger partial charge in [0.25, 0.3) is 0 Å². The van der Waals surface area contributed by atoms with E-state index in [-0.39, 0.29) is 11.0 Å². The lowest BCUT2D eigenvalue weighted by atomic mass is 10.3. The van der Waals surface area contributed by atoms with Gasteiger partial charge in [0.15, 0.2) is 11.5 Å². The number of halogens is 1. The Balaban J connectivity index is 2.78. The summed E-state index contributed by atoms with van der Waals surface area (Å²) in [4.78, 5) is 18.3. The van der Waals surface area contributed by atoms with Crippen LogP contribution in [0.4, 0.5) is 5.82 Å². The number of hydrogen-bond acceptors (Lipinski definition) is 6. The van der Waals surface area contributed by atoms with Crippen LogP contribution in [-0.2, 0) is 0 Å². The van der Waals surface area contributed by atoms with E-state index < -0.39 is 0 Å². The topological polar surface area (TPSA) is 78.6 Å². The highest BCUT2D eigenvalue weighted by Gasteiger charge is 2.15. The average Bonchev–Trinajstić information content (AvgIpc) is 2.39. The summed E-state index contributed by atoms with van der Waals surface area (Å²) < 4.78 is 0. The van der Waals surface area contributed by atoms with E-state index in [1.54, 1.807) is 0 Å². The van der Waals surface area contributed by atoms with Crippen molar-refractivity contribution in [1.29, 1.82) is 5.26 Å². The molecule has 0 bridgehead atoms. The van der Waals surface area contributed by atoms with E-state index in [1.165, 1.54) is 6.33 Å². The Labute approximate surface area is 109 Å². The predicted octanol–water partition coefficient (Wildman–Crippen LogP) is 1.79. The maximum atomic E-state index is 9.01. The number of aromatic nitrogens is 4. The quantitative estimate of drug-likeness (QED) is 0.785. The van der Waals surface area contributed by atoms with Crippen LogP contribution in [0, 0.1) is 11.3 Å². The van der Waals surface area contributed by atoms with E-state index in [2.05, 4.69) is 19.9 Å². The summed E-state index contributed by atoms with van der Waals surface area (Å²) >= 11 is 5.90. The monoisotopic (exact) mass is 262 g/mol. The Kier molecular flexibility index (Phi) is 3.53. The van der Waals surface area contributed by atoms with Gasteiger partial charge in [-0.3, -0.25) is 0 Å². The first-order valence-corrected chi connectivity index (χ1v) is 5.92. The molecule has 0 aliphatic rings. The number of nitriles is 1. The molecule has 0 fully saturated rings. The molecule has 18 heavy (non-hydrogen) atoms.